The fourth-order valence-corrected chi connectivity index (χ4v) is 3.60. The second-order valence-electron chi connectivity index (χ2n) is 6.62. The smallest absolute Gasteiger partial charge is 0.228 e. The van der Waals surface area contributed by atoms with Crippen molar-refractivity contribution < 1.29 is 19.1 Å². The summed E-state index contributed by atoms with van der Waals surface area (Å²) in [6, 6.07) is 5.32. The van der Waals surface area contributed by atoms with Crippen LogP contribution >= 0.6 is 0 Å². The first-order chi connectivity index (χ1) is 12.1. The van der Waals surface area contributed by atoms with Crippen molar-refractivity contribution in [3.63, 3.8) is 0 Å². The molecule has 2 saturated heterocycles. The van der Waals surface area contributed by atoms with Crippen molar-refractivity contribution in [2.24, 2.45) is 17.6 Å². The van der Waals surface area contributed by atoms with Gasteiger partial charge in [-0.25, -0.2) is 0 Å². The molecule has 2 unspecified atom stereocenters. The number of anilines is 1. The maximum Gasteiger partial charge on any atom is 0.228 e. The van der Waals surface area contributed by atoms with Crippen molar-refractivity contribution in [1.82, 2.24) is 4.90 Å². The van der Waals surface area contributed by atoms with Gasteiger partial charge >= 0.3 is 0 Å². The molecule has 3 rings (SSSR count). The zero-order valence-corrected chi connectivity index (χ0v) is 14.7. The average Bonchev–Trinajstić information content (AvgIpc) is 3.27. The quantitative estimate of drug-likeness (QED) is 0.854. The van der Waals surface area contributed by atoms with Crippen LogP contribution in [0.2, 0.25) is 0 Å². The number of hydrogen-bond donors (Lipinski definition) is 1. The molecule has 0 spiro atoms. The van der Waals surface area contributed by atoms with Gasteiger partial charge in [-0.2, -0.15) is 0 Å². The minimum Gasteiger partial charge on any atom is -0.497 e. The topological polar surface area (TPSA) is 85.1 Å². The molecular formula is C18H25N3O4. The number of carbonyl (C=O) groups is 2. The van der Waals surface area contributed by atoms with E-state index < -0.39 is 0 Å². The van der Waals surface area contributed by atoms with Crippen LogP contribution in [0.3, 0.4) is 0 Å². The third kappa shape index (κ3) is 3.42. The minimum absolute atomic E-state index is 0.0549. The normalized spacial score (nSPS) is 23.2. The van der Waals surface area contributed by atoms with Gasteiger partial charge in [0.05, 0.1) is 25.8 Å². The van der Waals surface area contributed by atoms with E-state index in [2.05, 4.69) is 0 Å². The van der Waals surface area contributed by atoms with Crippen LogP contribution in [0.5, 0.6) is 11.5 Å². The molecule has 136 valence electrons. The second kappa shape index (κ2) is 7.31. The predicted molar refractivity (Wildman–Crippen MR) is 93.7 cm³/mol. The summed E-state index contributed by atoms with van der Waals surface area (Å²) in [7, 11) is 3.13. The number of amides is 2. The molecule has 0 radical (unpaired) electrons. The summed E-state index contributed by atoms with van der Waals surface area (Å²) < 4.78 is 10.6. The molecule has 1 aromatic carbocycles. The Balaban J connectivity index is 1.73. The van der Waals surface area contributed by atoms with E-state index in [0.29, 0.717) is 42.7 Å². The van der Waals surface area contributed by atoms with Crippen LogP contribution in [0, 0.1) is 11.8 Å². The van der Waals surface area contributed by atoms with E-state index in [1.807, 2.05) is 4.90 Å². The highest BCUT2D eigenvalue weighted by Crippen LogP contribution is 2.36. The van der Waals surface area contributed by atoms with Crippen LogP contribution in [0.25, 0.3) is 0 Å². The van der Waals surface area contributed by atoms with E-state index >= 15 is 0 Å². The molecule has 1 aromatic rings. The molecule has 2 atom stereocenters. The molecule has 2 fully saturated rings. The van der Waals surface area contributed by atoms with Crippen LogP contribution in [0.4, 0.5) is 5.69 Å². The average molecular weight is 347 g/mol. The van der Waals surface area contributed by atoms with Gasteiger partial charge < -0.3 is 25.0 Å². The number of benzene rings is 1. The van der Waals surface area contributed by atoms with Crippen LogP contribution in [-0.4, -0.2) is 57.1 Å². The van der Waals surface area contributed by atoms with E-state index in [4.69, 9.17) is 15.2 Å². The minimum atomic E-state index is -0.309. The summed E-state index contributed by atoms with van der Waals surface area (Å²) in [5.74, 6) is 1.28. The van der Waals surface area contributed by atoms with E-state index in [-0.39, 0.29) is 24.2 Å². The number of methoxy groups -OCH3 is 2. The van der Waals surface area contributed by atoms with Gasteiger partial charge in [-0.15, -0.1) is 0 Å². The molecule has 0 aromatic heterocycles. The molecule has 2 aliphatic heterocycles. The lowest BCUT2D eigenvalue weighted by Gasteiger charge is -2.22. The standard InChI is InChI=1S/C18H25N3O4/c1-24-14-3-4-15(16(8-14)25-2)21-11-13(7-17(21)22)18(23)20-6-5-12(9-19)10-20/h3-4,8,12-13H,5-7,9-11,19H2,1-2H3. The molecule has 0 saturated carbocycles. The maximum absolute atomic E-state index is 12.7. The number of likely N-dealkylation sites (tertiary alicyclic amines) is 1. The van der Waals surface area contributed by atoms with E-state index in [9.17, 15) is 9.59 Å². The van der Waals surface area contributed by atoms with Crippen molar-refractivity contribution in [2.45, 2.75) is 12.8 Å². The molecule has 0 bridgehead atoms. The Labute approximate surface area is 147 Å². The highest BCUT2D eigenvalue weighted by molar-refractivity contribution is 6.01. The van der Waals surface area contributed by atoms with Crippen molar-refractivity contribution in [1.29, 1.82) is 0 Å². The first-order valence-electron chi connectivity index (χ1n) is 8.58. The molecule has 25 heavy (non-hydrogen) atoms. The summed E-state index contributed by atoms with van der Waals surface area (Å²) in [5.41, 5.74) is 6.37. The lowest BCUT2D eigenvalue weighted by atomic mass is 10.1. The van der Waals surface area contributed by atoms with Crippen LogP contribution in [0.15, 0.2) is 18.2 Å². The van der Waals surface area contributed by atoms with Gasteiger partial charge in [-0.3, -0.25) is 9.59 Å². The molecule has 7 heteroatoms. The van der Waals surface area contributed by atoms with E-state index in [1.165, 1.54) is 0 Å². The van der Waals surface area contributed by atoms with Crippen molar-refractivity contribution in [3.8, 4) is 11.5 Å². The number of ether oxygens (including phenoxy) is 2. The summed E-state index contributed by atoms with van der Waals surface area (Å²) in [4.78, 5) is 28.7. The zero-order chi connectivity index (χ0) is 18.0. The first kappa shape index (κ1) is 17.5. The molecule has 2 N–H and O–H groups in total. The fraction of sp³-hybridized carbons (Fsp3) is 0.556. The molecule has 0 aliphatic carbocycles. The molecule has 2 heterocycles. The Bertz CT molecular complexity index is 664. The maximum atomic E-state index is 12.7. The van der Waals surface area contributed by atoms with Crippen molar-refractivity contribution in [3.05, 3.63) is 18.2 Å². The van der Waals surface area contributed by atoms with Gasteiger partial charge in [-0.1, -0.05) is 0 Å². The Morgan fingerprint density at radius 2 is 2.08 bits per heavy atom. The van der Waals surface area contributed by atoms with Gasteiger partial charge in [-0.05, 0) is 31.0 Å². The van der Waals surface area contributed by atoms with Gasteiger partial charge in [0.15, 0.2) is 0 Å². The summed E-state index contributed by atoms with van der Waals surface area (Å²) in [6.07, 6.45) is 1.18. The summed E-state index contributed by atoms with van der Waals surface area (Å²) in [5, 5.41) is 0. The van der Waals surface area contributed by atoms with Gasteiger partial charge in [0.25, 0.3) is 0 Å². The van der Waals surface area contributed by atoms with Crippen molar-refractivity contribution >= 4 is 17.5 Å². The Kier molecular flexibility index (Phi) is 5.13. The number of rotatable bonds is 5. The predicted octanol–water partition coefficient (Wildman–Crippen LogP) is 0.864. The van der Waals surface area contributed by atoms with Crippen LogP contribution < -0.4 is 20.1 Å². The van der Waals surface area contributed by atoms with Gasteiger partial charge in [0, 0.05) is 32.1 Å². The lowest BCUT2D eigenvalue weighted by Crippen LogP contribution is -2.36. The van der Waals surface area contributed by atoms with Gasteiger partial charge in [0.1, 0.15) is 11.5 Å². The first-order valence-corrected chi connectivity index (χ1v) is 8.58. The molecule has 2 amide bonds. The molecular weight excluding hydrogens is 322 g/mol. The Morgan fingerprint density at radius 1 is 1.28 bits per heavy atom. The molecule has 7 nitrogen and oxygen atoms in total. The van der Waals surface area contributed by atoms with Crippen molar-refractivity contribution in [2.75, 3.05) is 45.3 Å². The third-order valence-corrected chi connectivity index (χ3v) is 5.08. The number of nitrogens with zero attached hydrogens (tertiary/aromatic N) is 2. The molecule has 2 aliphatic rings. The Hall–Kier alpha value is -2.28. The highest BCUT2D eigenvalue weighted by atomic mass is 16.5. The zero-order valence-electron chi connectivity index (χ0n) is 14.7. The third-order valence-electron chi connectivity index (χ3n) is 5.08. The monoisotopic (exact) mass is 347 g/mol. The van der Waals surface area contributed by atoms with E-state index in [1.54, 1.807) is 37.3 Å². The fourth-order valence-electron chi connectivity index (χ4n) is 3.60. The SMILES string of the molecule is COc1ccc(N2CC(C(=O)N3CCC(CN)C3)CC2=O)c(OC)c1. The number of hydrogen-bond acceptors (Lipinski definition) is 5. The van der Waals surface area contributed by atoms with Gasteiger partial charge in [0.2, 0.25) is 11.8 Å². The van der Waals surface area contributed by atoms with Crippen LogP contribution in [0.1, 0.15) is 12.8 Å². The second-order valence-corrected chi connectivity index (χ2v) is 6.62. The summed E-state index contributed by atoms with van der Waals surface area (Å²) in [6.45, 7) is 2.41. The van der Waals surface area contributed by atoms with Crippen LogP contribution in [-0.2, 0) is 9.59 Å². The lowest BCUT2D eigenvalue weighted by molar-refractivity contribution is -0.134. The number of carbonyl (C=O) groups excluding carboxylic acids is 2. The Morgan fingerprint density at radius 3 is 2.72 bits per heavy atom. The highest BCUT2D eigenvalue weighted by Gasteiger charge is 2.39. The largest absolute Gasteiger partial charge is 0.497 e. The van der Waals surface area contributed by atoms with E-state index in [0.717, 1.165) is 13.0 Å². The summed E-state index contributed by atoms with van der Waals surface area (Å²) >= 11 is 0. The number of nitrogens with two attached hydrogens (primary N) is 1.